The lowest BCUT2D eigenvalue weighted by Gasteiger charge is -2.30. The number of ether oxygens (including phenoxy) is 2. The minimum absolute atomic E-state index is 0.0540. The van der Waals surface area contributed by atoms with Gasteiger partial charge in [0.2, 0.25) is 5.28 Å². The highest BCUT2D eigenvalue weighted by Crippen LogP contribution is 2.23. The number of methoxy groups -OCH3 is 1. The van der Waals surface area contributed by atoms with Gasteiger partial charge in [-0.15, -0.1) is 0 Å². The third-order valence-corrected chi connectivity index (χ3v) is 4.63. The average molecular weight is 406 g/mol. The molecule has 3 rings (SSSR count). The van der Waals surface area contributed by atoms with E-state index < -0.39 is 11.7 Å². The van der Waals surface area contributed by atoms with Crippen molar-refractivity contribution in [3.63, 3.8) is 0 Å². The van der Waals surface area contributed by atoms with Crippen molar-refractivity contribution in [2.45, 2.75) is 45.9 Å². The Hall–Kier alpha value is -2.38. The lowest BCUT2D eigenvalue weighted by molar-refractivity contribution is 0.0220. The molecule has 1 aliphatic heterocycles. The van der Waals surface area contributed by atoms with Crippen LogP contribution in [-0.2, 0) is 29.0 Å². The fourth-order valence-electron chi connectivity index (χ4n) is 3.16. The molecule has 0 atom stereocenters. The summed E-state index contributed by atoms with van der Waals surface area (Å²) in [4.78, 5) is 31.5. The first kappa shape index (κ1) is 20.4. The molecule has 0 saturated carbocycles. The number of hydrogen-bond acceptors (Lipinski definition) is 5. The molecule has 0 N–H and O–H groups in total. The maximum atomic E-state index is 13.2. The molecule has 0 saturated heterocycles. The smallest absolute Gasteiger partial charge is 0.410 e. The van der Waals surface area contributed by atoms with E-state index in [1.165, 1.54) is 4.57 Å². The molecule has 2 aromatic rings. The largest absolute Gasteiger partial charge is 0.444 e. The predicted molar refractivity (Wildman–Crippen MR) is 106 cm³/mol. The van der Waals surface area contributed by atoms with E-state index in [1.807, 2.05) is 45.0 Å². The summed E-state index contributed by atoms with van der Waals surface area (Å²) in [6.07, 6.45) is -0.0324. The minimum Gasteiger partial charge on any atom is -0.444 e. The Bertz CT molecular complexity index is 949. The van der Waals surface area contributed by atoms with Gasteiger partial charge in [-0.2, -0.15) is 0 Å². The fraction of sp³-hybridized carbons (Fsp3) is 0.450. The molecule has 1 aliphatic rings. The molecule has 0 aliphatic carbocycles. The number of para-hydroxylation sites is 1. The molecule has 0 radical (unpaired) electrons. The molecule has 8 heteroatoms. The summed E-state index contributed by atoms with van der Waals surface area (Å²) in [5.41, 5.74) is 1.74. The topological polar surface area (TPSA) is 73.7 Å². The number of fused-ring (bicyclic) bond motifs is 1. The number of amides is 1. The number of aromatic nitrogens is 2. The monoisotopic (exact) mass is 405 g/mol. The summed E-state index contributed by atoms with van der Waals surface area (Å²) in [6.45, 7) is 6.37. The number of benzene rings is 1. The Balaban J connectivity index is 1.97. The highest BCUT2D eigenvalue weighted by molar-refractivity contribution is 6.28. The molecule has 1 aromatic heterocycles. The van der Waals surface area contributed by atoms with Gasteiger partial charge in [0.1, 0.15) is 5.60 Å². The number of rotatable bonds is 3. The van der Waals surface area contributed by atoms with Crippen molar-refractivity contribution < 1.29 is 14.3 Å². The van der Waals surface area contributed by atoms with Gasteiger partial charge in [-0.25, -0.2) is 9.78 Å². The van der Waals surface area contributed by atoms with Crippen LogP contribution in [0.2, 0.25) is 5.28 Å². The molecule has 2 heterocycles. The normalized spacial score (nSPS) is 14.0. The fourth-order valence-corrected chi connectivity index (χ4v) is 3.43. The van der Waals surface area contributed by atoms with E-state index in [4.69, 9.17) is 21.1 Å². The standard InChI is InChI=1S/C20H24ClN3O4/c1-20(2,3)28-19(26)23-10-9-14-15(11-23)22-18(21)24(17(14)25)16-8-6-5-7-13(16)12-27-4/h5-8H,9-12H2,1-4H3. The second-order valence-electron chi connectivity index (χ2n) is 7.66. The zero-order valence-corrected chi connectivity index (χ0v) is 17.2. The maximum absolute atomic E-state index is 13.2. The molecule has 150 valence electrons. The lowest BCUT2D eigenvalue weighted by atomic mass is 10.1. The zero-order valence-electron chi connectivity index (χ0n) is 16.5. The Morgan fingerprint density at radius 1 is 1.29 bits per heavy atom. The molecule has 0 spiro atoms. The minimum atomic E-state index is -0.586. The summed E-state index contributed by atoms with van der Waals surface area (Å²) < 4.78 is 12.0. The highest BCUT2D eigenvalue weighted by Gasteiger charge is 2.29. The van der Waals surface area contributed by atoms with Crippen LogP contribution in [0, 0.1) is 0 Å². The van der Waals surface area contributed by atoms with Crippen molar-refractivity contribution in [2.24, 2.45) is 0 Å². The number of nitrogens with zero attached hydrogens (tertiary/aromatic N) is 3. The number of carbonyl (C=O) groups is 1. The molecule has 28 heavy (non-hydrogen) atoms. The van der Waals surface area contributed by atoms with Gasteiger partial charge < -0.3 is 14.4 Å². The van der Waals surface area contributed by atoms with Crippen LogP contribution in [0.5, 0.6) is 0 Å². The maximum Gasteiger partial charge on any atom is 0.410 e. The van der Waals surface area contributed by atoms with Crippen LogP contribution in [0.15, 0.2) is 29.1 Å². The van der Waals surface area contributed by atoms with E-state index in [0.29, 0.717) is 36.5 Å². The second kappa shape index (κ2) is 7.93. The van der Waals surface area contributed by atoms with Crippen molar-refractivity contribution in [1.82, 2.24) is 14.5 Å². The summed E-state index contributed by atoms with van der Waals surface area (Å²) in [6, 6.07) is 7.40. The molecular formula is C20H24ClN3O4. The second-order valence-corrected chi connectivity index (χ2v) is 8.00. The molecule has 0 bridgehead atoms. The Labute approximate surface area is 168 Å². The van der Waals surface area contributed by atoms with E-state index in [9.17, 15) is 9.59 Å². The first-order chi connectivity index (χ1) is 13.2. The molecular weight excluding hydrogens is 382 g/mol. The van der Waals surface area contributed by atoms with Crippen LogP contribution in [0.3, 0.4) is 0 Å². The highest BCUT2D eigenvalue weighted by atomic mass is 35.5. The predicted octanol–water partition coefficient (Wildman–Crippen LogP) is 3.33. The van der Waals surface area contributed by atoms with Gasteiger partial charge in [-0.05, 0) is 44.9 Å². The lowest BCUT2D eigenvalue weighted by Crippen LogP contribution is -2.42. The summed E-state index contributed by atoms with van der Waals surface area (Å²) in [5.74, 6) is 0. The van der Waals surface area contributed by atoms with Crippen molar-refractivity contribution >= 4 is 17.7 Å². The third kappa shape index (κ3) is 4.20. The average Bonchev–Trinajstić information content (AvgIpc) is 2.61. The van der Waals surface area contributed by atoms with E-state index in [-0.39, 0.29) is 17.4 Å². The van der Waals surface area contributed by atoms with Crippen LogP contribution >= 0.6 is 11.6 Å². The van der Waals surface area contributed by atoms with Crippen LogP contribution in [-0.4, -0.2) is 39.8 Å². The quantitative estimate of drug-likeness (QED) is 0.732. The van der Waals surface area contributed by atoms with Crippen molar-refractivity contribution in [3.8, 4) is 5.69 Å². The van der Waals surface area contributed by atoms with Gasteiger partial charge in [0.25, 0.3) is 5.56 Å². The molecule has 7 nitrogen and oxygen atoms in total. The SMILES string of the molecule is COCc1ccccc1-n1c(Cl)nc2c(c1=O)CCN(C(=O)OC(C)(C)C)C2. The molecule has 0 unspecified atom stereocenters. The van der Waals surface area contributed by atoms with E-state index in [2.05, 4.69) is 4.98 Å². The van der Waals surface area contributed by atoms with Gasteiger partial charge >= 0.3 is 6.09 Å². The Morgan fingerprint density at radius 3 is 2.68 bits per heavy atom. The number of carbonyl (C=O) groups excluding carboxylic acids is 1. The first-order valence-corrected chi connectivity index (χ1v) is 9.44. The van der Waals surface area contributed by atoms with E-state index in [1.54, 1.807) is 12.0 Å². The number of halogens is 1. The zero-order chi connectivity index (χ0) is 20.5. The van der Waals surface area contributed by atoms with Gasteiger partial charge in [-0.3, -0.25) is 9.36 Å². The third-order valence-electron chi connectivity index (χ3n) is 4.38. The van der Waals surface area contributed by atoms with E-state index >= 15 is 0 Å². The molecule has 1 amide bonds. The van der Waals surface area contributed by atoms with Gasteiger partial charge in [-0.1, -0.05) is 18.2 Å². The Morgan fingerprint density at radius 2 is 2.00 bits per heavy atom. The van der Waals surface area contributed by atoms with Gasteiger partial charge in [0.15, 0.2) is 0 Å². The van der Waals surface area contributed by atoms with Crippen LogP contribution < -0.4 is 5.56 Å². The van der Waals surface area contributed by atoms with E-state index in [0.717, 1.165) is 5.56 Å². The Kier molecular flexibility index (Phi) is 5.76. The molecule has 0 fully saturated rings. The van der Waals surface area contributed by atoms with Gasteiger partial charge in [0, 0.05) is 24.8 Å². The van der Waals surface area contributed by atoms with Crippen molar-refractivity contribution in [1.29, 1.82) is 0 Å². The van der Waals surface area contributed by atoms with Crippen LogP contribution in [0.4, 0.5) is 4.79 Å². The van der Waals surface area contributed by atoms with Crippen molar-refractivity contribution in [3.05, 3.63) is 56.7 Å². The molecule has 1 aromatic carbocycles. The van der Waals surface area contributed by atoms with Gasteiger partial charge in [0.05, 0.1) is 24.5 Å². The van der Waals surface area contributed by atoms with Crippen LogP contribution in [0.25, 0.3) is 5.69 Å². The van der Waals surface area contributed by atoms with Crippen molar-refractivity contribution in [2.75, 3.05) is 13.7 Å². The summed E-state index contributed by atoms with van der Waals surface area (Å²) in [5, 5.41) is 0.0540. The van der Waals surface area contributed by atoms with Crippen LogP contribution in [0.1, 0.15) is 37.6 Å². The summed E-state index contributed by atoms with van der Waals surface area (Å²) >= 11 is 6.38. The summed E-state index contributed by atoms with van der Waals surface area (Å²) in [7, 11) is 1.59. The first-order valence-electron chi connectivity index (χ1n) is 9.06. The number of hydrogen-bond donors (Lipinski definition) is 0.